The Morgan fingerprint density at radius 3 is 2.85 bits per heavy atom. The van der Waals surface area contributed by atoms with Gasteiger partial charge in [0.05, 0.1) is 12.6 Å². The van der Waals surface area contributed by atoms with Gasteiger partial charge in [0, 0.05) is 25.1 Å². The standard InChI is InChI=1S/C19H24N4O4/c1-4-27-10-6-9-20-18(24)12-22-19(25)16-11-14-15(23(16)13(2)21-22)7-5-8-17(14)26-3/h5,7-8,11H,4,6,9-10,12H2,1-3H3,(H,20,24). The van der Waals surface area contributed by atoms with E-state index < -0.39 is 0 Å². The second-order valence-electron chi connectivity index (χ2n) is 6.17. The molecule has 0 fully saturated rings. The minimum Gasteiger partial charge on any atom is -0.496 e. The lowest BCUT2D eigenvalue weighted by atomic mass is 10.2. The lowest BCUT2D eigenvalue weighted by molar-refractivity contribution is -0.121. The maximum Gasteiger partial charge on any atom is 0.291 e. The highest BCUT2D eigenvalue weighted by Crippen LogP contribution is 2.28. The quantitative estimate of drug-likeness (QED) is 0.606. The number of carbonyl (C=O) groups excluding carboxylic acids is 1. The van der Waals surface area contributed by atoms with E-state index in [2.05, 4.69) is 10.4 Å². The summed E-state index contributed by atoms with van der Waals surface area (Å²) in [6.07, 6.45) is 0.726. The third-order valence-corrected chi connectivity index (χ3v) is 4.35. The molecule has 0 bridgehead atoms. The van der Waals surface area contributed by atoms with Crippen LogP contribution in [0.1, 0.15) is 19.2 Å². The third-order valence-electron chi connectivity index (χ3n) is 4.35. The number of ether oxygens (including phenoxy) is 2. The first kappa shape index (κ1) is 18.9. The molecular formula is C19H24N4O4. The summed E-state index contributed by atoms with van der Waals surface area (Å²) in [5.74, 6) is 1.06. The number of nitrogens with zero attached hydrogens (tertiary/aromatic N) is 3. The Bertz CT molecular complexity index is 1020. The maximum absolute atomic E-state index is 12.8. The molecule has 144 valence electrons. The lowest BCUT2D eigenvalue weighted by Gasteiger charge is -2.09. The zero-order valence-corrected chi connectivity index (χ0v) is 15.8. The van der Waals surface area contributed by atoms with Gasteiger partial charge in [0.15, 0.2) is 0 Å². The molecule has 8 nitrogen and oxygen atoms in total. The fourth-order valence-corrected chi connectivity index (χ4v) is 3.13. The van der Waals surface area contributed by atoms with Crippen molar-refractivity contribution in [3.63, 3.8) is 0 Å². The molecule has 2 heterocycles. The summed E-state index contributed by atoms with van der Waals surface area (Å²) in [5, 5.41) is 7.93. The van der Waals surface area contributed by atoms with Crippen molar-refractivity contribution in [3.05, 3.63) is 40.4 Å². The highest BCUT2D eigenvalue weighted by Gasteiger charge is 2.15. The van der Waals surface area contributed by atoms with Crippen LogP contribution in [-0.2, 0) is 16.1 Å². The molecular weight excluding hydrogens is 348 g/mol. The zero-order valence-electron chi connectivity index (χ0n) is 15.8. The van der Waals surface area contributed by atoms with Crippen LogP contribution in [-0.4, -0.2) is 47.0 Å². The number of rotatable bonds is 8. The summed E-state index contributed by atoms with van der Waals surface area (Å²) >= 11 is 0. The van der Waals surface area contributed by atoms with E-state index in [0.717, 1.165) is 17.3 Å². The Morgan fingerprint density at radius 2 is 2.11 bits per heavy atom. The van der Waals surface area contributed by atoms with E-state index in [0.29, 0.717) is 36.8 Å². The first-order valence-electron chi connectivity index (χ1n) is 8.97. The van der Waals surface area contributed by atoms with E-state index in [4.69, 9.17) is 9.47 Å². The summed E-state index contributed by atoms with van der Waals surface area (Å²) in [7, 11) is 1.59. The number of fused-ring (bicyclic) bond motifs is 3. The van der Waals surface area contributed by atoms with Crippen LogP contribution in [0, 0.1) is 6.92 Å². The average Bonchev–Trinajstić information content (AvgIpc) is 3.06. The van der Waals surface area contributed by atoms with Crippen LogP contribution in [0.4, 0.5) is 0 Å². The lowest BCUT2D eigenvalue weighted by Crippen LogP contribution is -2.35. The molecule has 0 spiro atoms. The molecule has 8 heteroatoms. The van der Waals surface area contributed by atoms with Gasteiger partial charge in [0.25, 0.3) is 5.56 Å². The second-order valence-corrected chi connectivity index (χ2v) is 6.17. The predicted octanol–water partition coefficient (Wildman–Crippen LogP) is 1.51. The van der Waals surface area contributed by atoms with Gasteiger partial charge in [-0.2, -0.15) is 5.10 Å². The molecule has 27 heavy (non-hydrogen) atoms. The topological polar surface area (TPSA) is 86.9 Å². The molecule has 0 atom stereocenters. The van der Waals surface area contributed by atoms with Gasteiger partial charge in [-0.3, -0.25) is 14.0 Å². The second kappa shape index (κ2) is 8.22. The van der Waals surface area contributed by atoms with Crippen molar-refractivity contribution in [1.82, 2.24) is 19.5 Å². The predicted molar refractivity (Wildman–Crippen MR) is 102 cm³/mol. The molecule has 2 aromatic heterocycles. The first-order chi connectivity index (χ1) is 13.1. The van der Waals surface area contributed by atoms with Gasteiger partial charge >= 0.3 is 0 Å². The van der Waals surface area contributed by atoms with Crippen LogP contribution in [0.15, 0.2) is 29.1 Å². The van der Waals surface area contributed by atoms with Crippen molar-refractivity contribution in [2.45, 2.75) is 26.8 Å². The number of hydrogen-bond donors (Lipinski definition) is 1. The number of hydrogen-bond acceptors (Lipinski definition) is 5. The molecule has 0 unspecified atom stereocenters. The van der Waals surface area contributed by atoms with Crippen molar-refractivity contribution in [3.8, 4) is 5.75 Å². The van der Waals surface area contributed by atoms with Crippen LogP contribution in [0.5, 0.6) is 5.75 Å². The van der Waals surface area contributed by atoms with E-state index in [-0.39, 0.29) is 18.0 Å². The van der Waals surface area contributed by atoms with Crippen molar-refractivity contribution in [2.75, 3.05) is 26.9 Å². The Labute approximate surface area is 156 Å². The minimum absolute atomic E-state index is 0.122. The number of amides is 1. The van der Waals surface area contributed by atoms with Gasteiger partial charge in [-0.1, -0.05) is 6.07 Å². The Balaban J connectivity index is 1.87. The molecule has 3 aromatic rings. The number of methoxy groups -OCH3 is 1. The van der Waals surface area contributed by atoms with Gasteiger partial charge in [-0.25, -0.2) is 4.68 Å². The van der Waals surface area contributed by atoms with Crippen LogP contribution >= 0.6 is 0 Å². The highest BCUT2D eigenvalue weighted by molar-refractivity contribution is 5.92. The molecule has 1 amide bonds. The molecule has 0 aliphatic rings. The number of carbonyl (C=O) groups is 1. The fourth-order valence-electron chi connectivity index (χ4n) is 3.13. The molecule has 1 aromatic carbocycles. The van der Waals surface area contributed by atoms with Crippen molar-refractivity contribution in [2.24, 2.45) is 0 Å². The number of aromatic nitrogens is 3. The van der Waals surface area contributed by atoms with E-state index in [9.17, 15) is 9.59 Å². The SMILES string of the molecule is CCOCCCNC(=O)Cn1nc(C)n2c(cc3c(OC)cccc32)c1=O. The molecule has 0 aliphatic carbocycles. The first-order valence-corrected chi connectivity index (χ1v) is 8.97. The Hall–Kier alpha value is -2.87. The largest absolute Gasteiger partial charge is 0.496 e. The van der Waals surface area contributed by atoms with E-state index in [1.54, 1.807) is 17.6 Å². The Kier molecular flexibility index (Phi) is 5.75. The normalized spacial score (nSPS) is 11.2. The molecule has 0 aliphatic heterocycles. The molecule has 0 radical (unpaired) electrons. The Morgan fingerprint density at radius 1 is 1.30 bits per heavy atom. The van der Waals surface area contributed by atoms with Crippen LogP contribution < -0.4 is 15.6 Å². The van der Waals surface area contributed by atoms with Crippen molar-refractivity contribution < 1.29 is 14.3 Å². The zero-order chi connectivity index (χ0) is 19.4. The van der Waals surface area contributed by atoms with Crippen LogP contribution in [0.3, 0.4) is 0 Å². The summed E-state index contributed by atoms with van der Waals surface area (Å²) in [6.45, 7) is 5.36. The minimum atomic E-state index is -0.316. The van der Waals surface area contributed by atoms with Gasteiger partial charge in [-0.15, -0.1) is 0 Å². The summed E-state index contributed by atoms with van der Waals surface area (Å²) in [4.78, 5) is 25.0. The van der Waals surface area contributed by atoms with E-state index in [1.165, 1.54) is 4.68 Å². The smallest absolute Gasteiger partial charge is 0.291 e. The van der Waals surface area contributed by atoms with E-state index >= 15 is 0 Å². The van der Waals surface area contributed by atoms with E-state index in [1.807, 2.05) is 32.0 Å². The number of aryl methyl sites for hydroxylation is 1. The van der Waals surface area contributed by atoms with Crippen molar-refractivity contribution in [1.29, 1.82) is 0 Å². The van der Waals surface area contributed by atoms with Crippen LogP contribution in [0.2, 0.25) is 0 Å². The fraction of sp³-hybridized carbons (Fsp3) is 0.421. The molecule has 1 N–H and O–H groups in total. The third kappa shape index (κ3) is 3.80. The summed E-state index contributed by atoms with van der Waals surface area (Å²) in [5.41, 5.74) is 0.994. The van der Waals surface area contributed by atoms with Gasteiger partial charge in [-0.05, 0) is 38.5 Å². The summed E-state index contributed by atoms with van der Waals surface area (Å²) < 4.78 is 13.6. The molecule has 0 saturated heterocycles. The molecule has 3 rings (SSSR count). The maximum atomic E-state index is 12.8. The highest BCUT2D eigenvalue weighted by atomic mass is 16.5. The monoisotopic (exact) mass is 372 g/mol. The van der Waals surface area contributed by atoms with Gasteiger partial charge in [0.1, 0.15) is 23.6 Å². The molecule has 0 saturated carbocycles. The average molecular weight is 372 g/mol. The van der Waals surface area contributed by atoms with Crippen LogP contribution in [0.25, 0.3) is 16.4 Å². The van der Waals surface area contributed by atoms with Gasteiger partial charge < -0.3 is 14.8 Å². The van der Waals surface area contributed by atoms with Gasteiger partial charge in [0.2, 0.25) is 5.91 Å². The van der Waals surface area contributed by atoms with Crippen molar-refractivity contribution >= 4 is 22.3 Å². The number of nitrogens with one attached hydrogen (secondary N) is 1. The number of benzene rings is 1. The summed E-state index contributed by atoms with van der Waals surface area (Å²) in [6, 6.07) is 7.41.